The molecule has 3 aromatic carbocycles. The zero-order valence-electron chi connectivity index (χ0n) is 19.3. The van der Waals surface area contributed by atoms with Crippen LogP contribution in [0.2, 0.25) is 5.02 Å². The lowest BCUT2D eigenvalue weighted by Gasteiger charge is -2.13. The minimum atomic E-state index is -0.209. The molecule has 0 bridgehead atoms. The first-order chi connectivity index (χ1) is 16.8. The van der Waals surface area contributed by atoms with Crippen LogP contribution in [0.25, 0.3) is 0 Å². The van der Waals surface area contributed by atoms with Crippen molar-refractivity contribution in [3.05, 3.63) is 71.2 Å². The second-order valence-corrected chi connectivity index (χ2v) is 9.13. The number of amides is 1. The van der Waals surface area contributed by atoms with Crippen molar-refractivity contribution in [2.24, 2.45) is 0 Å². The summed E-state index contributed by atoms with van der Waals surface area (Å²) in [7, 11) is 3.01. The number of carbonyl (C=O) groups excluding carboxylic acids is 2. The van der Waals surface area contributed by atoms with Gasteiger partial charge >= 0.3 is 0 Å². The van der Waals surface area contributed by atoms with Gasteiger partial charge < -0.3 is 25.4 Å². The number of anilines is 3. The van der Waals surface area contributed by atoms with Crippen molar-refractivity contribution in [3.63, 3.8) is 0 Å². The zero-order valence-corrected chi connectivity index (χ0v) is 21.7. The number of ether oxygens (including phenoxy) is 2. The van der Waals surface area contributed by atoms with Gasteiger partial charge in [-0.3, -0.25) is 9.59 Å². The van der Waals surface area contributed by atoms with Gasteiger partial charge in [-0.15, -0.1) is 11.8 Å². The number of ketones is 1. The maximum Gasteiger partial charge on any atom is 0.234 e. The summed E-state index contributed by atoms with van der Waals surface area (Å²) < 4.78 is 10.5. The number of thiocarbonyl (C=S) groups is 1. The lowest BCUT2D eigenvalue weighted by atomic mass is 10.1. The first kappa shape index (κ1) is 26.3. The third-order valence-corrected chi connectivity index (χ3v) is 6.25. The van der Waals surface area contributed by atoms with Crippen LogP contribution in [0.3, 0.4) is 0 Å². The van der Waals surface area contributed by atoms with Gasteiger partial charge in [0.05, 0.1) is 30.7 Å². The SMILES string of the molecule is COc1cc(OC)c(NC(=O)CSc2cccc(NC(=S)Nc3ccc(C(C)=O)cc3)c2)cc1Cl. The van der Waals surface area contributed by atoms with Gasteiger partial charge in [-0.2, -0.15) is 0 Å². The summed E-state index contributed by atoms with van der Waals surface area (Å²) in [4.78, 5) is 24.8. The molecule has 35 heavy (non-hydrogen) atoms. The highest BCUT2D eigenvalue weighted by Crippen LogP contribution is 2.36. The van der Waals surface area contributed by atoms with Gasteiger partial charge in [-0.1, -0.05) is 17.7 Å². The molecule has 7 nitrogen and oxygen atoms in total. The highest BCUT2D eigenvalue weighted by atomic mass is 35.5. The number of benzene rings is 3. The zero-order chi connectivity index (χ0) is 25.4. The second kappa shape index (κ2) is 12.4. The molecule has 0 fully saturated rings. The van der Waals surface area contributed by atoms with Crippen LogP contribution < -0.4 is 25.4 Å². The van der Waals surface area contributed by atoms with Gasteiger partial charge in [0, 0.05) is 27.9 Å². The van der Waals surface area contributed by atoms with Crippen molar-refractivity contribution < 1.29 is 19.1 Å². The van der Waals surface area contributed by atoms with E-state index in [9.17, 15) is 9.59 Å². The van der Waals surface area contributed by atoms with E-state index in [2.05, 4.69) is 16.0 Å². The van der Waals surface area contributed by atoms with E-state index in [1.807, 2.05) is 24.3 Å². The van der Waals surface area contributed by atoms with E-state index in [4.69, 9.17) is 33.3 Å². The number of halogens is 1. The van der Waals surface area contributed by atoms with Crippen molar-refractivity contribution >= 4 is 69.4 Å². The molecule has 3 N–H and O–H groups in total. The molecule has 3 aromatic rings. The van der Waals surface area contributed by atoms with Gasteiger partial charge in [0.2, 0.25) is 5.91 Å². The monoisotopic (exact) mass is 529 g/mol. The lowest BCUT2D eigenvalue weighted by Crippen LogP contribution is -2.19. The molecule has 0 aliphatic heterocycles. The second-order valence-electron chi connectivity index (χ2n) is 7.26. The van der Waals surface area contributed by atoms with Crippen LogP contribution in [-0.2, 0) is 4.79 Å². The molecule has 0 saturated heterocycles. The summed E-state index contributed by atoms with van der Waals surface area (Å²) >= 11 is 12.9. The van der Waals surface area contributed by atoms with Crippen molar-refractivity contribution in [1.82, 2.24) is 0 Å². The Morgan fingerprint density at radius 2 is 1.60 bits per heavy atom. The fourth-order valence-electron chi connectivity index (χ4n) is 3.04. The topological polar surface area (TPSA) is 88.7 Å². The summed E-state index contributed by atoms with van der Waals surface area (Å²) in [6.45, 7) is 1.52. The number of carbonyl (C=O) groups is 2. The van der Waals surface area contributed by atoms with Crippen LogP contribution in [0.1, 0.15) is 17.3 Å². The molecule has 0 radical (unpaired) electrons. The molecular weight excluding hydrogens is 506 g/mol. The minimum absolute atomic E-state index is 0.00665. The van der Waals surface area contributed by atoms with Crippen molar-refractivity contribution in [1.29, 1.82) is 0 Å². The molecule has 0 unspecified atom stereocenters. The molecule has 0 heterocycles. The Morgan fingerprint density at radius 3 is 2.26 bits per heavy atom. The fraction of sp³-hybridized carbons (Fsp3) is 0.160. The summed E-state index contributed by atoms with van der Waals surface area (Å²) in [5.74, 6) is 0.890. The van der Waals surface area contributed by atoms with E-state index in [0.29, 0.717) is 32.9 Å². The molecule has 0 aliphatic carbocycles. The fourth-order valence-corrected chi connectivity index (χ4v) is 4.27. The molecule has 182 valence electrons. The van der Waals surface area contributed by atoms with E-state index in [0.717, 1.165) is 16.3 Å². The first-order valence-electron chi connectivity index (χ1n) is 10.4. The van der Waals surface area contributed by atoms with Crippen molar-refractivity contribution in [3.8, 4) is 11.5 Å². The summed E-state index contributed by atoms with van der Waals surface area (Å²) in [5.41, 5.74) is 2.64. The van der Waals surface area contributed by atoms with Crippen LogP contribution in [0.15, 0.2) is 65.6 Å². The van der Waals surface area contributed by atoms with Crippen LogP contribution in [-0.4, -0.2) is 36.8 Å². The number of hydrogen-bond acceptors (Lipinski definition) is 6. The van der Waals surface area contributed by atoms with Crippen LogP contribution in [0, 0.1) is 0 Å². The van der Waals surface area contributed by atoms with E-state index in [-0.39, 0.29) is 17.4 Å². The van der Waals surface area contributed by atoms with E-state index >= 15 is 0 Å². The maximum absolute atomic E-state index is 12.5. The first-order valence-corrected chi connectivity index (χ1v) is 12.2. The predicted octanol–water partition coefficient (Wildman–Crippen LogP) is 6.10. The molecule has 1 amide bonds. The average molecular weight is 530 g/mol. The van der Waals surface area contributed by atoms with Gasteiger partial charge in [-0.05, 0) is 67.7 Å². The average Bonchev–Trinajstić information content (AvgIpc) is 2.83. The largest absolute Gasteiger partial charge is 0.495 e. The normalized spacial score (nSPS) is 10.3. The summed E-state index contributed by atoms with van der Waals surface area (Å²) in [5, 5.41) is 9.80. The molecule has 0 spiro atoms. The number of hydrogen-bond donors (Lipinski definition) is 3. The highest BCUT2D eigenvalue weighted by Gasteiger charge is 2.13. The van der Waals surface area contributed by atoms with Crippen LogP contribution in [0.5, 0.6) is 11.5 Å². The van der Waals surface area contributed by atoms with Crippen LogP contribution >= 0.6 is 35.6 Å². The minimum Gasteiger partial charge on any atom is -0.495 e. The van der Waals surface area contributed by atoms with E-state index in [1.54, 1.807) is 36.4 Å². The molecule has 0 aromatic heterocycles. The Kier molecular flexibility index (Phi) is 9.36. The quantitative estimate of drug-likeness (QED) is 0.174. The lowest BCUT2D eigenvalue weighted by molar-refractivity contribution is -0.113. The number of methoxy groups -OCH3 is 2. The van der Waals surface area contributed by atoms with Gasteiger partial charge in [0.15, 0.2) is 10.9 Å². The Labute approximate surface area is 218 Å². The molecular formula is C25H24ClN3O4S2. The van der Waals surface area contributed by atoms with Gasteiger partial charge in [-0.25, -0.2) is 0 Å². The number of rotatable bonds is 9. The number of nitrogens with one attached hydrogen (secondary N) is 3. The summed E-state index contributed by atoms with van der Waals surface area (Å²) in [6.07, 6.45) is 0. The predicted molar refractivity (Wildman–Crippen MR) is 147 cm³/mol. The van der Waals surface area contributed by atoms with Crippen molar-refractivity contribution in [2.45, 2.75) is 11.8 Å². The molecule has 0 atom stereocenters. The molecule has 0 saturated carbocycles. The van der Waals surface area contributed by atoms with Gasteiger partial charge in [0.1, 0.15) is 11.5 Å². The standard InChI is InChI=1S/C25H24ClN3O4S2/c1-15(30)16-7-9-17(10-8-16)27-25(34)28-18-5-4-6-19(11-18)35-14-24(31)29-21-12-20(26)22(32-2)13-23(21)33-3/h4-13H,14H2,1-3H3,(H,29,31)(H2,27,28,34). The molecule has 3 rings (SSSR count). The third kappa shape index (κ3) is 7.61. The van der Waals surface area contributed by atoms with E-state index < -0.39 is 0 Å². The molecule has 0 aliphatic rings. The Bertz CT molecular complexity index is 1240. The number of thioether (sulfide) groups is 1. The van der Waals surface area contributed by atoms with Crippen LogP contribution in [0.4, 0.5) is 17.1 Å². The highest BCUT2D eigenvalue weighted by molar-refractivity contribution is 8.00. The third-order valence-electron chi connectivity index (χ3n) is 4.76. The Balaban J connectivity index is 1.55. The molecule has 10 heteroatoms. The van der Waals surface area contributed by atoms with Crippen molar-refractivity contribution in [2.75, 3.05) is 35.9 Å². The number of Topliss-reactive ketones (excluding diaryl/α,β-unsaturated/α-hetero) is 1. The Morgan fingerprint density at radius 1 is 0.914 bits per heavy atom. The van der Waals surface area contributed by atoms with Gasteiger partial charge in [0.25, 0.3) is 0 Å². The Hall–Kier alpha value is -3.27. The summed E-state index contributed by atoms with van der Waals surface area (Å²) in [6, 6.07) is 17.8. The van der Waals surface area contributed by atoms with E-state index in [1.165, 1.54) is 32.9 Å². The maximum atomic E-state index is 12.5. The smallest absolute Gasteiger partial charge is 0.234 e.